The van der Waals surface area contributed by atoms with Gasteiger partial charge in [0.25, 0.3) is 0 Å². The largest absolute Gasteiger partial charge is 0.496 e. The quantitative estimate of drug-likeness (QED) is 0.459. The predicted molar refractivity (Wildman–Crippen MR) is 134 cm³/mol. The molecule has 2 unspecified atom stereocenters. The maximum atomic E-state index is 10.0. The third-order valence-corrected chi connectivity index (χ3v) is 6.61. The van der Waals surface area contributed by atoms with Crippen molar-refractivity contribution in [2.24, 2.45) is 11.7 Å². The summed E-state index contributed by atoms with van der Waals surface area (Å²) in [7, 11) is 7.06. The Morgan fingerprint density at radius 3 is 2.12 bits per heavy atom. The highest BCUT2D eigenvalue weighted by Gasteiger charge is 2.31. The Hall–Kier alpha value is -2.28. The first-order valence-electron chi connectivity index (χ1n) is 11.7. The summed E-state index contributed by atoms with van der Waals surface area (Å²) in [5.74, 6) is 2.42. The lowest BCUT2D eigenvalue weighted by molar-refractivity contribution is 0.194. The molecular formula is C27H42N2O4. The fraction of sp³-hybridized carbons (Fsp3) is 0.556. The van der Waals surface area contributed by atoms with Crippen LogP contribution in [0.1, 0.15) is 56.4 Å². The first kappa shape index (κ1) is 27.0. The van der Waals surface area contributed by atoms with Crippen molar-refractivity contribution in [3.8, 4) is 17.2 Å². The molecule has 2 aromatic rings. The fourth-order valence-electron chi connectivity index (χ4n) is 4.23. The summed E-state index contributed by atoms with van der Waals surface area (Å²) in [5, 5.41) is 10.0. The van der Waals surface area contributed by atoms with Gasteiger partial charge < -0.3 is 30.0 Å². The summed E-state index contributed by atoms with van der Waals surface area (Å²) in [5.41, 5.74) is 9.60. The van der Waals surface area contributed by atoms with E-state index in [1.807, 2.05) is 24.3 Å². The SMILES string of the molecule is COc1ccc(C(N)(CCCN(C)CCc2ccc(OC)c(C(C)O)c2)C(C)C)cc1OC. The summed E-state index contributed by atoms with van der Waals surface area (Å²) in [6.07, 6.45) is 2.22. The molecular weight excluding hydrogens is 416 g/mol. The van der Waals surface area contributed by atoms with Crippen LogP contribution in [0.4, 0.5) is 0 Å². The van der Waals surface area contributed by atoms with E-state index in [4.69, 9.17) is 19.9 Å². The zero-order valence-electron chi connectivity index (χ0n) is 21.4. The van der Waals surface area contributed by atoms with Crippen molar-refractivity contribution in [1.82, 2.24) is 4.90 Å². The molecule has 0 saturated heterocycles. The molecule has 2 aromatic carbocycles. The number of aliphatic hydroxyl groups excluding tert-OH is 1. The second-order valence-electron chi connectivity index (χ2n) is 9.17. The number of hydrogen-bond acceptors (Lipinski definition) is 6. The minimum atomic E-state index is -0.553. The molecule has 0 fully saturated rings. The van der Waals surface area contributed by atoms with Gasteiger partial charge in [0.1, 0.15) is 5.75 Å². The van der Waals surface area contributed by atoms with Crippen LogP contribution < -0.4 is 19.9 Å². The Morgan fingerprint density at radius 2 is 1.55 bits per heavy atom. The van der Waals surface area contributed by atoms with Gasteiger partial charge in [-0.2, -0.15) is 0 Å². The van der Waals surface area contributed by atoms with E-state index < -0.39 is 11.6 Å². The molecule has 0 bridgehead atoms. The summed E-state index contributed by atoms with van der Waals surface area (Å²) in [6.45, 7) is 7.99. The van der Waals surface area contributed by atoms with Crippen LogP contribution in [0.25, 0.3) is 0 Å². The number of benzene rings is 2. The Labute approximate surface area is 199 Å². The summed E-state index contributed by atoms with van der Waals surface area (Å²) in [6, 6.07) is 12.0. The van der Waals surface area contributed by atoms with Gasteiger partial charge in [-0.1, -0.05) is 26.0 Å². The Bertz CT molecular complexity index is 884. The smallest absolute Gasteiger partial charge is 0.161 e. The minimum Gasteiger partial charge on any atom is -0.496 e. The van der Waals surface area contributed by atoms with E-state index in [9.17, 15) is 5.11 Å². The van der Waals surface area contributed by atoms with Gasteiger partial charge in [-0.3, -0.25) is 0 Å². The summed E-state index contributed by atoms with van der Waals surface area (Å²) >= 11 is 0. The molecule has 33 heavy (non-hydrogen) atoms. The number of rotatable bonds is 13. The number of hydrogen-bond donors (Lipinski definition) is 2. The predicted octanol–water partition coefficient (Wildman–Crippen LogP) is 4.53. The molecule has 0 saturated carbocycles. The average Bonchev–Trinajstić information content (AvgIpc) is 2.81. The maximum absolute atomic E-state index is 10.0. The average molecular weight is 459 g/mol. The molecule has 0 radical (unpaired) electrons. The van der Waals surface area contributed by atoms with E-state index in [1.165, 1.54) is 5.56 Å². The third kappa shape index (κ3) is 6.85. The van der Waals surface area contributed by atoms with Crippen molar-refractivity contribution < 1.29 is 19.3 Å². The van der Waals surface area contributed by atoms with E-state index in [-0.39, 0.29) is 5.92 Å². The fourth-order valence-corrected chi connectivity index (χ4v) is 4.23. The van der Waals surface area contributed by atoms with Gasteiger partial charge in [-0.15, -0.1) is 0 Å². The van der Waals surface area contributed by atoms with E-state index in [0.717, 1.165) is 49.2 Å². The van der Waals surface area contributed by atoms with Crippen molar-refractivity contribution in [1.29, 1.82) is 0 Å². The van der Waals surface area contributed by atoms with Crippen molar-refractivity contribution in [3.05, 3.63) is 53.1 Å². The molecule has 0 heterocycles. The third-order valence-electron chi connectivity index (χ3n) is 6.61. The summed E-state index contributed by atoms with van der Waals surface area (Å²) in [4.78, 5) is 2.33. The van der Waals surface area contributed by atoms with Crippen LogP contribution in [-0.2, 0) is 12.0 Å². The molecule has 0 aliphatic rings. The van der Waals surface area contributed by atoms with Gasteiger partial charge in [0.2, 0.25) is 0 Å². The molecule has 6 nitrogen and oxygen atoms in total. The summed E-state index contributed by atoms with van der Waals surface area (Å²) < 4.78 is 16.2. The normalized spacial score (nSPS) is 14.3. The number of likely N-dealkylation sites (N-methyl/N-ethyl adjacent to an activating group) is 1. The number of aliphatic hydroxyl groups is 1. The number of nitrogens with two attached hydrogens (primary N) is 1. The molecule has 2 atom stereocenters. The van der Waals surface area contributed by atoms with Crippen LogP contribution in [0.3, 0.4) is 0 Å². The van der Waals surface area contributed by atoms with Crippen molar-refractivity contribution in [2.75, 3.05) is 41.5 Å². The second kappa shape index (κ2) is 12.3. The molecule has 184 valence electrons. The van der Waals surface area contributed by atoms with Gasteiger partial charge in [-0.25, -0.2) is 0 Å². The molecule has 0 aliphatic carbocycles. The highest BCUT2D eigenvalue weighted by atomic mass is 16.5. The Morgan fingerprint density at radius 1 is 0.909 bits per heavy atom. The van der Waals surface area contributed by atoms with Crippen LogP contribution in [0.15, 0.2) is 36.4 Å². The topological polar surface area (TPSA) is 77.2 Å². The molecule has 0 amide bonds. The maximum Gasteiger partial charge on any atom is 0.161 e. The van der Waals surface area contributed by atoms with Gasteiger partial charge >= 0.3 is 0 Å². The Balaban J connectivity index is 1.97. The van der Waals surface area contributed by atoms with E-state index >= 15 is 0 Å². The highest BCUT2D eigenvalue weighted by Crippen LogP contribution is 2.37. The van der Waals surface area contributed by atoms with Crippen LogP contribution in [0.5, 0.6) is 17.2 Å². The van der Waals surface area contributed by atoms with Crippen LogP contribution >= 0.6 is 0 Å². The molecule has 6 heteroatoms. The van der Waals surface area contributed by atoms with Crippen LogP contribution in [-0.4, -0.2) is 51.5 Å². The zero-order valence-corrected chi connectivity index (χ0v) is 21.4. The highest BCUT2D eigenvalue weighted by molar-refractivity contribution is 5.45. The van der Waals surface area contributed by atoms with E-state index in [2.05, 4.69) is 37.9 Å². The van der Waals surface area contributed by atoms with Crippen LogP contribution in [0.2, 0.25) is 0 Å². The van der Waals surface area contributed by atoms with E-state index in [0.29, 0.717) is 11.5 Å². The molecule has 0 aliphatic heterocycles. The monoisotopic (exact) mass is 458 g/mol. The van der Waals surface area contributed by atoms with Gasteiger partial charge in [0.05, 0.1) is 27.4 Å². The van der Waals surface area contributed by atoms with Crippen molar-refractivity contribution >= 4 is 0 Å². The number of ether oxygens (including phenoxy) is 3. The van der Waals surface area contributed by atoms with Gasteiger partial charge in [0, 0.05) is 17.6 Å². The molecule has 2 rings (SSSR count). The first-order valence-corrected chi connectivity index (χ1v) is 11.7. The minimum absolute atomic E-state index is 0.277. The van der Waals surface area contributed by atoms with Crippen molar-refractivity contribution in [3.63, 3.8) is 0 Å². The first-order chi connectivity index (χ1) is 15.7. The Kier molecular flexibility index (Phi) is 10.0. The number of methoxy groups -OCH3 is 3. The molecule has 3 N–H and O–H groups in total. The van der Waals surface area contributed by atoms with Gasteiger partial charge in [0.15, 0.2) is 11.5 Å². The van der Waals surface area contributed by atoms with E-state index in [1.54, 1.807) is 28.3 Å². The zero-order chi connectivity index (χ0) is 24.6. The lowest BCUT2D eigenvalue weighted by atomic mass is 9.77. The molecule has 0 aromatic heterocycles. The van der Waals surface area contributed by atoms with Crippen LogP contribution in [0, 0.1) is 5.92 Å². The second-order valence-corrected chi connectivity index (χ2v) is 9.17. The molecule has 0 spiro atoms. The van der Waals surface area contributed by atoms with Gasteiger partial charge in [-0.05, 0) is 81.1 Å². The lowest BCUT2D eigenvalue weighted by Gasteiger charge is -2.35. The lowest BCUT2D eigenvalue weighted by Crippen LogP contribution is -2.42. The standard InChI is InChI=1S/C27H42N2O4/c1-19(2)27(28,22-10-12-25(32-6)26(18-22)33-7)14-8-15-29(4)16-13-21-9-11-24(31-5)23(17-21)20(3)30/h9-12,17-20,30H,8,13-16,28H2,1-7H3. The van der Waals surface area contributed by atoms with Crippen molar-refractivity contribution in [2.45, 2.75) is 51.7 Å². The number of nitrogens with zero attached hydrogens (tertiary/aromatic N) is 1.